The number of aromatic nitrogens is 4. The van der Waals surface area contributed by atoms with Gasteiger partial charge in [-0.3, -0.25) is 9.89 Å². The zero-order valence-electron chi connectivity index (χ0n) is 15.5. The van der Waals surface area contributed by atoms with Crippen LogP contribution in [0, 0.1) is 0 Å². The highest BCUT2D eigenvalue weighted by molar-refractivity contribution is 5.92. The van der Waals surface area contributed by atoms with Gasteiger partial charge in [0.1, 0.15) is 11.3 Å². The van der Waals surface area contributed by atoms with E-state index >= 15 is 0 Å². The average Bonchev–Trinajstić information content (AvgIpc) is 3.30. The molecule has 3 aromatic rings. The van der Waals surface area contributed by atoms with Crippen molar-refractivity contribution in [2.75, 3.05) is 19.7 Å². The molecule has 0 aliphatic carbocycles. The van der Waals surface area contributed by atoms with Gasteiger partial charge in [0.2, 0.25) is 0 Å². The van der Waals surface area contributed by atoms with Crippen LogP contribution in [0.25, 0.3) is 11.4 Å². The van der Waals surface area contributed by atoms with E-state index in [0.29, 0.717) is 25.4 Å². The molecular formula is C21H21N5O2. The summed E-state index contributed by atoms with van der Waals surface area (Å²) in [5.41, 5.74) is 3.22. The van der Waals surface area contributed by atoms with Crippen LogP contribution in [-0.2, 0) is 16.8 Å². The van der Waals surface area contributed by atoms with Crippen molar-refractivity contribution in [1.82, 2.24) is 25.1 Å². The van der Waals surface area contributed by atoms with Crippen molar-refractivity contribution in [3.05, 3.63) is 65.7 Å². The molecule has 0 bridgehead atoms. The number of likely N-dealkylation sites (tertiary alicyclic amines) is 1. The predicted molar refractivity (Wildman–Crippen MR) is 103 cm³/mol. The van der Waals surface area contributed by atoms with Gasteiger partial charge < -0.3 is 9.64 Å². The van der Waals surface area contributed by atoms with E-state index in [1.54, 1.807) is 12.3 Å². The van der Waals surface area contributed by atoms with Gasteiger partial charge in [-0.1, -0.05) is 30.3 Å². The van der Waals surface area contributed by atoms with Gasteiger partial charge in [-0.25, -0.2) is 9.97 Å². The molecule has 142 valence electrons. The molecular weight excluding hydrogens is 354 g/mol. The van der Waals surface area contributed by atoms with Gasteiger partial charge in [0.25, 0.3) is 5.91 Å². The number of fused-ring (bicyclic) bond motifs is 2. The molecule has 1 fully saturated rings. The molecule has 28 heavy (non-hydrogen) atoms. The molecule has 2 aliphatic heterocycles. The summed E-state index contributed by atoms with van der Waals surface area (Å²) in [6.07, 6.45) is 5.82. The minimum absolute atomic E-state index is 0.0176. The van der Waals surface area contributed by atoms with Gasteiger partial charge in [0.05, 0.1) is 12.3 Å². The first-order valence-electron chi connectivity index (χ1n) is 9.60. The average molecular weight is 375 g/mol. The van der Waals surface area contributed by atoms with Crippen molar-refractivity contribution < 1.29 is 9.53 Å². The normalized spacial score (nSPS) is 18.1. The molecule has 2 aliphatic rings. The Morgan fingerprint density at radius 2 is 1.96 bits per heavy atom. The maximum Gasteiger partial charge on any atom is 0.271 e. The zero-order chi connectivity index (χ0) is 19.0. The van der Waals surface area contributed by atoms with Crippen LogP contribution in [0.4, 0.5) is 0 Å². The van der Waals surface area contributed by atoms with E-state index in [0.717, 1.165) is 41.9 Å². The van der Waals surface area contributed by atoms with E-state index in [1.807, 2.05) is 41.4 Å². The Morgan fingerprint density at radius 1 is 1.14 bits per heavy atom. The minimum atomic E-state index is -0.440. The second-order valence-electron chi connectivity index (χ2n) is 7.29. The van der Waals surface area contributed by atoms with Crippen molar-refractivity contribution in [2.45, 2.75) is 24.9 Å². The van der Waals surface area contributed by atoms with Crippen LogP contribution in [0.3, 0.4) is 0 Å². The van der Waals surface area contributed by atoms with E-state index in [1.165, 1.54) is 0 Å². The molecule has 0 unspecified atom stereocenters. The summed E-state index contributed by atoms with van der Waals surface area (Å²) in [6.45, 7) is 1.92. The summed E-state index contributed by atoms with van der Waals surface area (Å²) in [4.78, 5) is 24.0. The zero-order valence-corrected chi connectivity index (χ0v) is 15.5. The van der Waals surface area contributed by atoms with E-state index in [4.69, 9.17) is 9.72 Å². The summed E-state index contributed by atoms with van der Waals surface area (Å²) < 4.78 is 6.29. The summed E-state index contributed by atoms with van der Waals surface area (Å²) in [6, 6.07) is 11.7. The molecule has 0 atom stereocenters. The molecule has 4 heterocycles. The first-order chi connectivity index (χ1) is 13.8. The Bertz CT molecular complexity index is 979. The number of nitrogens with zero attached hydrogens (tertiary/aromatic N) is 4. The number of carbonyl (C=O) groups is 1. The lowest BCUT2D eigenvalue weighted by molar-refractivity contribution is -0.0967. The maximum atomic E-state index is 12.6. The van der Waals surface area contributed by atoms with Crippen LogP contribution in [0.15, 0.2) is 48.8 Å². The van der Waals surface area contributed by atoms with Gasteiger partial charge in [-0.05, 0) is 30.9 Å². The lowest BCUT2D eigenvalue weighted by Gasteiger charge is -2.44. The van der Waals surface area contributed by atoms with E-state index < -0.39 is 5.60 Å². The number of benzene rings is 1. The minimum Gasteiger partial charge on any atom is -0.368 e. The largest absolute Gasteiger partial charge is 0.368 e. The highest BCUT2D eigenvalue weighted by Crippen LogP contribution is 2.41. The summed E-state index contributed by atoms with van der Waals surface area (Å²) >= 11 is 0. The monoisotopic (exact) mass is 375 g/mol. The highest BCUT2D eigenvalue weighted by atomic mass is 16.5. The summed E-state index contributed by atoms with van der Waals surface area (Å²) in [7, 11) is 0. The SMILES string of the molecule is O=C(c1ccn[nH]1)N1CCC2(CC1)OCCc1cnc(-c3ccccc3)nc12. The fourth-order valence-electron chi connectivity index (χ4n) is 4.13. The van der Waals surface area contributed by atoms with Gasteiger partial charge in [-0.2, -0.15) is 5.10 Å². The Morgan fingerprint density at radius 3 is 2.71 bits per heavy atom. The number of piperidine rings is 1. The third-order valence-corrected chi connectivity index (χ3v) is 5.67. The molecule has 0 saturated carbocycles. The molecule has 1 saturated heterocycles. The number of hydrogen-bond acceptors (Lipinski definition) is 5. The topological polar surface area (TPSA) is 84.0 Å². The Labute approximate surface area is 162 Å². The van der Waals surface area contributed by atoms with Crippen LogP contribution in [0.2, 0.25) is 0 Å². The number of nitrogens with one attached hydrogen (secondary N) is 1. The number of aromatic amines is 1. The first-order valence-corrected chi connectivity index (χ1v) is 9.60. The summed E-state index contributed by atoms with van der Waals surface area (Å²) in [5.74, 6) is 0.705. The smallest absolute Gasteiger partial charge is 0.271 e. The lowest BCUT2D eigenvalue weighted by Crippen LogP contribution is -2.49. The van der Waals surface area contributed by atoms with Gasteiger partial charge >= 0.3 is 0 Å². The quantitative estimate of drug-likeness (QED) is 0.744. The van der Waals surface area contributed by atoms with Crippen molar-refractivity contribution in [3.63, 3.8) is 0 Å². The van der Waals surface area contributed by atoms with Crippen LogP contribution in [0.5, 0.6) is 0 Å². The fraction of sp³-hybridized carbons (Fsp3) is 0.333. The molecule has 0 radical (unpaired) electrons. The number of amides is 1. The third kappa shape index (κ3) is 2.88. The molecule has 5 rings (SSSR count). The first kappa shape index (κ1) is 17.1. The number of H-pyrrole nitrogens is 1. The predicted octanol–water partition coefficient (Wildman–Crippen LogP) is 2.57. The third-order valence-electron chi connectivity index (χ3n) is 5.67. The number of ether oxygens (including phenoxy) is 1. The van der Waals surface area contributed by atoms with Crippen molar-refractivity contribution >= 4 is 5.91 Å². The second kappa shape index (κ2) is 6.83. The van der Waals surface area contributed by atoms with E-state index in [-0.39, 0.29) is 5.91 Å². The van der Waals surface area contributed by atoms with Crippen LogP contribution in [-0.4, -0.2) is 50.7 Å². The number of rotatable bonds is 2. The van der Waals surface area contributed by atoms with Gasteiger partial charge in [-0.15, -0.1) is 0 Å². The number of hydrogen-bond donors (Lipinski definition) is 1. The lowest BCUT2D eigenvalue weighted by atomic mass is 9.83. The Kier molecular flexibility index (Phi) is 4.16. The molecule has 1 spiro atoms. The van der Waals surface area contributed by atoms with Gasteiger partial charge in [0.15, 0.2) is 5.82 Å². The molecule has 1 N–H and O–H groups in total. The van der Waals surface area contributed by atoms with Crippen LogP contribution < -0.4 is 0 Å². The molecule has 2 aromatic heterocycles. The van der Waals surface area contributed by atoms with Crippen molar-refractivity contribution in [2.24, 2.45) is 0 Å². The molecule has 1 amide bonds. The van der Waals surface area contributed by atoms with Crippen LogP contribution >= 0.6 is 0 Å². The fourth-order valence-corrected chi connectivity index (χ4v) is 4.13. The standard InChI is InChI=1S/C21H21N5O2/c27-20(17-6-10-23-25-17)26-11-8-21(9-12-26)18-16(7-13-28-21)14-22-19(24-18)15-4-2-1-3-5-15/h1-6,10,14H,7-9,11-13H2,(H,23,25). The van der Waals surface area contributed by atoms with Crippen molar-refractivity contribution in [3.8, 4) is 11.4 Å². The maximum absolute atomic E-state index is 12.6. The highest BCUT2D eigenvalue weighted by Gasteiger charge is 2.43. The molecule has 1 aromatic carbocycles. The number of carbonyl (C=O) groups excluding carboxylic acids is 1. The molecule has 7 nitrogen and oxygen atoms in total. The van der Waals surface area contributed by atoms with Gasteiger partial charge in [0, 0.05) is 31.0 Å². The van der Waals surface area contributed by atoms with E-state index in [9.17, 15) is 4.79 Å². The molecule has 7 heteroatoms. The van der Waals surface area contributed by atoms with Crippen molar-refractivity contribution in [1.29, 1.82) is 0 Å². The summed E-state index contributed by atoms with van der Waals surface area (Å²) in [5, 5.41) is 6.63. The second-order valence-corrected chi connectivity index (χ2v) is 7.29. The van der Waals surface area contributed by atoms with E-state index in [2.05, 4.69) is 15.2 Å². The Balaban J connectivity index is 1.43. The Hall–Kier alpha value is -3.06. The van der Waals surface area contributed by atoms with Crippen LogP contribution in [0.1, 0.15) is 34.6 Å².